The van der Waals surface area contributed by atoms with Gasteiger partial charge in [0, 0.05) is 28.6 Å². The highest BCUT2D eigenvalue weighted by Crippen LogP contribution is 2.30. The number of para-hydroxylation sites is 1. The Morgan fingerprint density at radius 2 is 2.00 bits per heavy atom. The van der Waals surface area contributed by atoms with Crippen molar-refractivity contribution in [3.8, 4) is 11.4 Å². The number of nitrogens with one attached hydrogen (secondary N) is 1. The molecule has 0 fully saturated rings. The normalized spacial score (nSPS) is 10.8. The first-order valence-electron chi connectivity index (χ1n) is 7.48. The summed E-state index contributed by atoms with van der Waals surface area (Å²) in [5.41, 5.74) is 3.13. The summed E-state index contributed by atoms with van der Waals surface area (Å²) in [4.78, 5) is 13.3. The monoisotopic (exact) mass is 358 g/mol. The summed E-state index contributed by atoms with van der Waals surface area (Å²) in [5.74, 6) is 1.07. The highest BCUT2D eigenvalue weighted by atomic mass is 32.2. The number of benzene rings is 1. The zero-order valence-corrected chi connectivity index (χ0v) is 15.4. The second-order valence-corrected chi connectivity index (χ2v) is 7.42. The molecule has 0 spiro atoms. The molecule has 0 unspecified atom stereocenters. The van der Waals surface area contributed by atoms with E-state index < -0.39 is 0 Å². The van der Waals surface area contributed by atoms with E-state index >= 15 is 0 Å². The number of aryl methyl sites for hydroxylation is 1. The van der Waals surface area contributed by atoms with Gasteiger partial charge >= 0.3 is 0 Å². The minimum atomic E-state index is -0.0571. The quantitative estimate of drug-likeness (QED) is 0.703. The van der Waals surface area contributed by atoms with E-state index in [9.17, 15) is 4.79 Å². The van der Waals surface area contributed by atoms with Gasteiger partial charge < -0.3 is 9.88 Å². The number of anilines is 1. The number of hydrogen-bond acceptors (Lipinski definition) is 5. The van der Waals surface area contributed by atoms with E-state index in [4.69, 9.17) is 0 Å². The van der Waals surface area contributed by atoms with Crippen LogP contribution in [0.25, 0.3) is 11.4 Å². The molecular formula is C17H18N4OS2. The number of carbonyl (C=O) groups is 1. The van der Waals surface area contributed by atoms with E-state index in [1.807, 2.05) is 41.9 Å². The van der Waals surface area contributed by atoms with Crippen LogP contribution in [0.3, 0.4) is 0 Å². The van der Waals surface area contributed by atoms with Crippen LogP contribution in [0.2, 0.25) is 0 Å². The summed E-state index contributed by atoms with van der Waals surface area (Å²) in [7, 11) is 1.93. The highest BCUT2D eigenvalue weighted by molar-refractivity contribution is 7.99. The van der Waals surface area contributed by atoms with Gasteiger partial charge in [0.1, 0.15) is 0 Å². The maximum Gasteiger partial charge on any atom is 0.234 e. The van der Waals surface area contributed by atoms with E-state index in [0.29, 0.717) is 5.75 Å². The van der Waals surface area contributed by atoms with Crippen molar-refractivity contribution < 1.29 is 4.79 Å². The second-order valence-electron chi connectivity index (χ2n) is 5.40. The van der Waals surface area contributed by atoms with Crippen LogP contribution >= 0.6 is 23.1 Å². The van der Waals surface area contributed by atoms with Crippen LogP contribution in [0, 0.1) is 13.8 Å². The molecule has 1 amide bonds. The summed E-state index contributed by atoms with van der Waals surface area (Å²) in [6, 6.07) is 9.43. The molecule has 24 heavy (non-hydrogen) atoms. The van der Waals surface area contributed by atoms with Crippen LogP contribution in [0.4, 0.5) is 5.69 Å². The molecular weight excluding hydrogens is 340 g/mol. The molecule has 0 atom stereocenters. The SMILES string of the molecule is Cc1scc(-c2nnc(SCC(=O)Nc3ccccc3)n2C)c1C. The van der Waals surface area contributed by atoms with E-state index in [0.717, 1.165) is 22.2 Å². The Kier molecular flexibility index (Phi) is 5.01. The molecule has 2 heterocycles. The fraction of sp³-hybridized carbons (Fsp3) is 0.235. The smallest absolute Gasteiger partial charge is 0.234 e. The molecule has 3 rings (SSSR count). The Hall–Kier alpha value is -2.12. The van der Waals surface area contributed by atoms with Crippen LogP contribution in [0.15, 0.2) is 40.9 Å². The summed E-state index contributed by atoms with van der Waals surface area (Å²) < 4.78 is 1.94. The molecule has 0 saturated heterocycles. The summed E-state index contributed by atoms with van der Waals surface area (Å²) >= 11 is 3.09. The lowest BCUT2D eigenvalue weighted by Gasteiger charge is -2.05. The predicted octanol–water partition coefficient (Wildman–Crippen LogP) is 3.89. The number of carbonyl (C=O) groups excluding carboxylic acids is 1. The molecule has 0 aliphatic heterocycles. The molecule has 3 aromatic rings. The van der Waals surface area contributed by atoms with E-state index in [2.05, 4.69) is 34.7 Å². The van der Waals surface area contributed by atoms with Gasteiger partial charge in [-0.3, -0.25) is 4.79 Å². The van der Waals surface area contributed by atoms with Crippen molar-refractivity contribution in [2.24, 2.45) is 7.05 Å². The number of thiophene rings is 1. The van der Waals surface area contributed by atoms with Crippen LogP contribution in [0.5, 0.6) is 0 Å². The summed E-state index contributed by atoms with van der Waals surface area (Å²) in [6.45, 7) is 4.19. The highest BCUT2D eigenvalue weighted by Gasteiger charge is 2.16. The molecule has 124 valence electrons. The van der Waals surface area contributed by atoms with Crippen molar-refractivity contribution >= 4 is 34.7 Å². The molecule has 0 radical (unpaired) electrons. The Morgan fingerprint density at radius 1 is 1.25 bits per heavy atom. The van der Waals surface area contributed by atoms with E-state index in [1.54, 1.807) is 11.3 Å². The first-order chi connectivity index (χ1) is 11.6. The van der Waals surface area contributed by atoms with Crippen molar-refractivity contribution in [1.82, 2.24) is 14.8 Å². The van der Waals surface area contributed by atoms with Crippen LogP contribution in [-0.4, -0.2) is 26.4 Å². The number of amides is 1. The molecule has 1 N–H and O–H groups in total. The lowest BCUT2D eigenvalue weighted by Crippen LogP contribution is -2.14. The van der Waals surface area contributed by atoms with Crippen molar-refractivity contribution in [1.29, 1.82) is 0 Å². The van der Waals surface area contributed by atoms with E-state index in [-0.39, 0.29) is 5.91 Å². The van der Waals surface area contributed by atoms with Gasteiger partial charge in [-0.2, -0.15) is 0 Å². The number of nitrogens with zero attached hydrogens (tertiary/aromatic N) is 3. The first-order valence-corrected chi connectivity index (χ1v) is 9.35. The van der Waals surface area contributed by atoms with Crippen molar-refractivity contribution in [2.45, 2.75) is 19.0 Å². The Morgan fingerprint density at radius 3 is 2.67 bits per heavy atom. The molecule has 0 bridgehead atoms. The fourth-order valence-electron chi connectivity index (χ4n) is 2.26. The first kappa shape index (κ1) is 16.7. The third kappa shape index (κ3) is 3.52. The van der Waals surface area contributed by atoms with Gasteiger partial charge in [0.15, 0.2) is 11.0 Å². The van der Waals surface area contributed by atoms with Crippen LogP contribution in [0.1, 0.15) is 10.4 Å². The largest absolute Gasteiger partial charge is 0.325 e. The Bertz CT molecular complexity index is 855. The maximum absolute atomic E-state index is 12.0. The topological polar surface area (TPSA) is 59.8 Å². The van der Waals surface area contributed by atoms with Crippen molar-refractivity contribution in [3.63, 3.8) is 0 Å². The van der Waals surface area contributed by atoms with Gasteiger partial charge in [0.25, 0.3) is 0 Å². The minimum absolute atomic E-state index is 0.0571. The molecule has 2 aromatic heterocycles. The molecule has 0 aliphatic rings. The number of aromatic nitrogens is 3. The zero-order valence-electron chi connectivity index (χ0n) is 13.7. The average molecular weight is 358 g/mol. The number of hydrogen-bond donors (Lipinski definition) is 1. The Labute approximate surface area is 149 Å². The second kappa shape index (κ2) is 7.19. The van der Waals surface area contributed by atoms with Gasteiger partial charge in [-0.15, -0.1) is 21.5 Å². The molecule has 5 nitrogen and oxygen atoms in total. The molecule has 0 aliphatic carbocycles. The zero-order chi connectivity index (χ0) is 17.1. The minimum Gasteiger partial charge on any atom is -0.325 e. The third-order valence-corrected chi connectivity index (χ3v) is 5.78. The number of thioether (sulfide) groups is 1. The van der Waals surface area contributed by atoms with Gasteiger partial charge in [0.2, 0.25) is 5.91 Å². The maximum atomic E-state index is 12.0. The predicted molar refractivity (Wildman–Crippen MR) is 99.6 cm³/mol. The van der Waals surface area contributed by atoms with Crippen molar-refractivity contribution in [2.75, 3.05) is 11.1 Å². The summed E-state index contributed by atoms with van der Waals surface area (Å²) in [6.07, 6.45) is 0. The lowest BCUT2D eigenvalue weighted by atomic mass is 10.2. The molecule has 7 heteroatoms. The fourth-order valence-corrected chi connectivity index (χ4v) is 3.83. The van der Waals surface area contributed by atoms with Crippen molar-refractivity contribution in [3.05, 3.63) is 46.2 Å². The van der Waals surface area contributed by atoms with Crippen LogP contribution < -0.4 is 5.32 Å². The van der Waals surface area contributed by atoms with Gasteiger partial charge in [-0.1, -0.05) is 30.0 Å². The summed E-state index contributed by atoms with van der Waals surface area (Å²) in [5, 5.41) is 14.2. The van der Waals surface area contributed by atoms with Gasteiger partial charge in [-0.05, 0) is 31.5 Å². The van der Waals surface area contributed by atoms with Gasteiger partial charge in [0.05, 0.1) is 5.75 Å². The molecule has 0 saturated carbocycles. The van der Waals surface area contributed by atoms with Gasteiger partial charge in [-0.25, -0.2) is 0 Å². The van der Waals surface area contributed by atoms with E-state index in [1.165, 1.54) is 22.2 Å². The average Bonchev–Trinajstić information content (AvgIpc) is 3.10. The lowest BCUT2D eigenvalue weighted by molar-refractivity contribution is -0.113. The standard InChI is InChI=1S/C17H18N4OS2/c1-11-12(2)23-9-14(11)16-19-20-17(21(16)3)24-10-15(22)18-13-7-5-4-6-8-13/h4-9H,10H2,1-3H3,(H,18,22). The van der Waals surface area contributed by atoms with Crippen LogP contribution in [-0.2, 0) is 11.8 Å². The number of rotatable bonds is 5. The molecule has 1 aromatic carbocycles. The third-order valence-electron chi connectivity index (χ3n) is 3.75. The Balaban J connectivity index is 1.66.